The van der Waals surface area contributed by atoms with Crippen LogP contribution in [0.3, 0.4) is 0 Å². The second kappa shape index (κ2) is 7.87. The van der Waals surface area contributed by atoms with Crippen molar-refractivity contribution in [3.63, 3.8) is 0 Å². The van der Waals surface area contributed by atoms with Gasteiger partial charge in [0, 0.05) is 19.8 Å². The number of carbonyl (C=O) groups excluding carboxylic acids is 2. The van der Waals surface area contributed by atoms with Gasteiger partial charge in [0.1, 0.15) is 6.20 Å². The Bertz CT molecular complexity index is 634. The summed E-state index contributed by atoms with van der Waals surface area (Å²) in [5.41, 5.74) is 10.2. The average molecular weight is 326 g/mol. The Kier molecular flexibility index (Phi) is 6.18. The first-order valence-corrected chi connectivity index (χ1v) is 6.75. The summed E-state index contributed by atoms with van der Waals surface area (Å²) >= 11 is 0. The molecule has 1 aromatic rings. The molecule has 0 radical (unpaired) electrons. The van der Waals surface area contributed by atoms with Crippen molar-refractivity contribution in [2.75, 3.05) is 6.61 Å². The molecule has 0 aliphatic heterocycles. The third-order valence-electron chi connectivity index (χ3n) is 2.91. The summed E-state index contributed by atoms with van der Waals surface area (Å²) < 4.78 is 6.05. The molecule has 23 heavy (non-hydrogen) atoms. The molecule has 1 heterocycles. The van der Waals surface area contributed by atoms with E-state index in [1.165, 1.54) is 6.92 Å². The van der Waals surface area contributed by atoms with Gasteiger partial charge in [-0.15, -0.1) is 0 Å². The minimum Gasteiger partial charge on any atom is -0.463 e. The Morgan fingerprint density at radius 2 is 2.17 bits per heavy atom. The molecule has 1 atom stereocenters. The van der Waals surface area contributed by atoms with Crippen LogP contribution < -0.4 is 11.5 Å². The van der Waals surface area contributed by atoms with Crippen LogP contribution in [0.15, 0.2) is 11.2 Å². The lowest BCUT2D eigenvalue weighted by molar-refractivity contribution is -0.392. The molecule has 1 amide bonds. The van der Waals surface area contributed by atoms with Gasteiger partial charge >= 0.3 is 11.8 Å². The Morgan fingerprint density at radius 1 is 1.52 bits per heavy atom. The lowest BCUT2D eigenvalue weighted by Crippen LogP contribution is -2.26. The molecule has 1 unspecified atom stereocenters. The number of amides is 1. The number of guanidine groups is 1. The molecule has 0 aliphatic rings. The molecule has 126 valence electrons. The number of aromatic nitrogens is 2. The van der Waals surface area contributed by atoms with Crippen LogP contribution in [0.25, 0.3) is 0 Å². The van der Waals surface area contributed by atoms with E-state index in [0.29, 0.717) is 0 Å². The molecule has 1 aromatic heterocycles. The minimum atomic E-state index is -1.07. The van der Waals surface area contributed by atoms with Crippen LogP contribution in [-0.2, 0) is 14.3 Å². The van der Waals surface area contributed by atoms with Gasteiger partial charge in [-0.05, 0) is 11.8 Å². The van der Waals surface area contributed by atoms with Gasteiger partial charge in [0.2, 0.25) is 11.9 Å². The highest BCUT2D eigenvalue weighted by Crippen LogP contribution is 2.25. The third kappa shape index (κ3) is 4.76. The van der Waals surface area contributed by atoms with E-state index >= 15 is 0 Å². The lowest BCUT2D eigenvalue weighted by atomic mass is 10.1. The first-order chi connectivity index (χ1) is 10.8. The quantitative estimate of drug-likeness (QED) is 0.228. The molecule has 0 saturated heterocycles. The summed E-state index contributed by atoms with van der Waals surface area (Å²) in [6.45, 7) is 3.21. The van der Waals surface area contributed by atoms with Crippen molar-refractivity contribution in [2.45, 2.75) is 32.7 Å². The van der Waals surface area contributed by atoms with E-state index in [1.54, 1.807) is 6.92 Å². The summed E-state index contributed by atoms with van der Waals surface area (Å²) in [7, 11) is 0. The molecular weight excluding hydrogens is 308 g/mol. The normalized spacial score (nSPS) is 11.6. The summed E-state index contributed by atoms with van der Waals surface area (Å²) in [5.74, 6) is -1.85. The van der Waals surface area contributed by atoms with Gasteiger partial charge in [-0.3, -0.25) is 4.79 Å². The van der Waals surface area contributed by atoms with Crippen LogP contribution in [0.1, 0.15) is 31.6 Å². The van der Waals surface area contributed by atoms with Gasteiger partial charge in [0.15, 0.2) is 11.8 Å². The zero-order chi connectivity index (χ0) is 17.6. The number of nitrogens with two attached hydrogens (primary N) is 2. The van der Waals surface area contributed by atoms with E-state index in [0.717, 1.165) is 10.8 Å². The van der Waals surface area contributed by atoms with E-state index in [4.69, 9.17) is 16.2 Å². The average Bonchev–Trinajstić information content (AvgIpc) is 2.81. The van der Waals surface area contributed by atoms with Crippen molar-refractivity contribution in [3.05, 3.63) is 22.1 Å². The highest BCUT2D eigenvalue weighted by atomic mass is 16.6. The van der Waals surface area contributed by atoms with Gasteiger partial charge in [-0.1, -0.05) is 0 Å². The number of nitro groups is 1. The molecule has 0 bridgehead atoms. The standard InChI is InChI=1S/C12H18N6O5/c1-3-23-11(20)8(4-5-9(19)16-12(13)14)17-7(2)15-6-10(17)18(21)22/h6,8H,3-5H2,1-2H3,(H4,13,14,16,19). The largest absolute Gasteiger partial charge is 0.463 e. The molecule has 1 rings (SSSR count). The van der Waals surface area contributed by atoms with Crippen LogP contribution in [-0.4, -0.2) is 38.9 Å². The van der Waals surface area contributed by atoms with E-state index in [1.807, 2.05) is 0 Å². The molecule has 4 N–H and O–H groups in total. The van der Waals surface area contributed by atoms with E-state index in [9.17, 15) is 19.7 Å². The maximum Gasteiger partial charge on any atom is 0.351 e. The van der Waals surface area contributed by atoms with Gasteiger partial charge < -0.3 is 26.3 Å². The molecule has 0 fully saturated rings. The van der Waals surface area contributed by atoms with Crippen LogP contribution in [0, 0.1) is 17.0 Å². The number of aryl methyl sites for hydroxylation is 1. The number of hydrogen-bond donors (Lipinski definition) is 2. The predicted molar refractivity (Wildman–Crippen MR) is 79.3 cm³/mol. The van der Waals surface area contributed by atoms with Crippen molar-refractivity contribution in [1.29, 1.82) is 0 Å². The fraction of sp³-hybridized carbons (Fsp3) is 0.500. The second-order valence-corrected chi connectivity index (χ2v) is 4.53. The highest BCUT2D eigenvalue weighted by Gasteiger charge is 2.33. The van der Waals surface area contributed by atoms with E-state index in [2.05, 4.69) is 9.98 Å². The molecule has 0 spiro atoms. The molecule has 0 saturated carbocycles. The second-order valence-electron chi connectivity index (χ2n) is 4.53. The van der Waals surface area contributed by atoms with Gasteiger partial charge in [0.25, 0.3) is 0 Å². The first kappa shape index (κ1) is 18.1. The highest BCUT2D eigenvalue weighted by molar-refractivity contribution is 5.91. The number of ether oxygens (including phenoxy) is 1. The Balaban J connectivity index is 3.09. The minimum absolute atomic E-state index is 0.0630. The molecule has 0 aliphatic carbocycles. The maximum absolute atomic E-state index is 12.1. The lowest BCUT2D eigenvalue weighted by Gasteiger charge is -2.14. The molecule has 11 nitrogen and oxygen atoms in total. The third-order valence-corrected chi connectivity index (χ3v) is 2.91. The van der Waals surface area contributed by atoms with Crippen LogP contribution >= 0.6 is 0 Å². The molecule has 11 heteroatoms. The first-order valence-electron chi connectivity index (χ1n) is 6.75. The zero-order valence-corrected chi connectivity index (χ0v) is 12.8. The number of hydrogen-bond acceptors (Lipinski definition) is 6. The summed E-state index contributed by atoms with van der Waals surface area (Å²) in [6.07, 6.45) is 0.794. The van der Waals surface area contributed by atoms with Gasteiger partial charge in [0.05, 0.1) is 6.61 Å². The Hall–Kier alpha value is -2.98. The number of aliphatic imine (C=N–C) groups is 1. The van der Waals surface area contributed by atoms with E-state index < -0.39 is 28.8 Å². The van der Waals surface area contributed by atoms with Gasteiger partial charge in [-0.25, -0.2) is 9.78 Å². The van der Waals surface area contributed by atoms with Crippen molar-refractivity contribution in [3.8, 4) is 0 Å². The summed E-state index contributed by atoms with van der Waals surface area (Å²) in [4.78, 5) is 41.3. The van der Waals surface area contributed by atoms with Gasteiger partial charge in [-0.2, -0.15) is 9.56 Å². The molecule has 0 aromatic carbocycles. The Labute approximate surface area is 131 Å². The summed E-state index contributed by atoms with van der Waals surface area (Å²) in [6, 6.07) is -1.07. The fourth-order valence-electron chi connectivity index (χ4n) is 2.01. The topological polar surface area (TPSA) is 169 Å². The maximum atomic E-state index is 12.1. The SMILES string of the molecule is CCOC(=O)C(CCC(=O)N=C(N)N)n1c([N+](=O)[O-])cnc1C. The van der Waals surface area contributed by atoms with Crippen LogP contribution in [0.5, 0.6) is 0 Å². The van der Waals surface area contributed by atoms with Crippen molar-refractivity contribution in [2.24, 2.45) is 16.5 Å². The van der Waals surface area contributed by atoms with Crippen LogP contribution in [0.2, 0.25) is 0 Å². The van der Waals surface area contributed by atoms with Crippen LogP contribution in [0.4, 0.5) is 5.82 Å². The smallest absolute Gasteiger partial charge is 0.351 e. The summed E-state index contributed by atoms with van der Waals surface area (Å²) in [5, 5.41) is 11.1. The predicted octanol–water partition coefficient (Wildman–Crippen LogP) is -0.216. The number of nitrogens with zero attached hydrogens (tertiary/aromatic N) is 4. The fourth-order valence-corrected chi connectivity index (χ4v) is 2.01. The van der Waals surface area contributed by atoms with Crippen molar-refractivity contribution in [1.82, 2.24) is 9.55 Å². The van der Waals surface area contributed by atoms with Crippen molar-refractivity contribution < 1.29 is 19.2 Å². The molecular formula is C12H18N6O5. The number of imidazole rings is 1. The van der Waals surface area contributed by atoms with Crippen molar-refractivity contribution >= 4 is 23.7 Å². The van der Waals surface area contributed by atoms with E-state index in [-0.39, 0.29) is 31.1 Å². The zero-order valence-electron chi connectivity index (χ0n) is 12.8. The number of carbonyl (C=O) groups is 2. The Morgan fingerprint density at radius 3 is 2.70 bits per heavy atom. The monoisotopic (exact) mass is 326 g/mol. The number of rotatable bonds is 7. The number of esters is 1.